The van der Waals surface area contributed by atoms with E-state index in [2.05, 4.69) is 15.5 Å². The van der Waals surface area contributed by atoms with E-state index >= 15 is 14.0 Å². The molecule has 5 fully saturated rings. The van der Waals surface area contributed by atoms with Gasteiger partial charge in [0.25, 0.3) is 17.3 Å². The summed E-state index contributed by atoms with van der Waals surface area (Å²) in [6.45, 7) is 3.39. The first-order valence-electron chi connectivity index (χ1n) is 30.0. The molecule has 1 aromatic heterocycles. The second-order valence-corrected chi connectivity index (χ2v) is 25.2. The van der Waals surface area contributed by atoms with E-state index in [9.17, 15) is 39.4 Å². The average molecular weight is 1230 g/mol. The lowest BCUT2D eigenvalue weighted by Crippen LogP contribution is -2.61. The van der Waals surface area contributed by atoms with Gasteiger partial charge in [0.15, 0.2) is 0 Å². The number of imidazole rings is 1. The molecule has 5 heterocycles. The number of aromatic nitrogens is 2. The van der Waals surface area contributed by atoms with Crippen molar-refractivity contribution >= 4 is 80.8 Å². The molecular formula is C64H67Cl2FN10O10. The Morgan fingerprint density at radius 1 is 0.747 bits per heavy atom. The summed E-state index contributed by atoms with van der Waals surface area (Å²) in [7, 11) is 1.67. The highest BCUT2D eigenvalue weighted by Crippen LogP contribution is 2.64. The molecule has 0 bridgehead atoms. The van der Waals surface area contributed by atoms with E-state index in [4.69, 9.17) is 23.2 Å². The van der Waals surface area contributed by atoms with Crippen LogP contribution in [0.3, 0.4) is 0 Å². The molecule has 2 saturated carbocycles. The van der Waals surface area contributed by atoms with Crippen LogP contribution in [0.4, 0.5) is 21.5 Å². The Morgan fingerprint density at radius 2 is 1.39 bits per heavy atom. The van der Waals surface area contributed by atoms with Crippen LogP contribution in [0.15, 0.2) is 108 Å². The molecule has 4 aliphatic heterocycles. The predicted molar refractivity (Wildman–Crippen MR) is 324 cm³/mol. The summed E-state index contributed by atoms with van der Waals surface area (Å²) >= 11 is 13.3. The van der Waals surface area contributed by atoms with Gasteiger partial charge in [-0.1, -0.05) is 91.0 Å². The van der Waals surface area contributed by atoms with Crippen molar-refractivity contribution in [1.29, 1.82) is 0 Å². The van der Waals surface area contributed by atoms with E-state index in [0.29, 0.717) is 103 Å². The Bertz CT molecular complexity index is 3800. The Kier molecular flexibility index (Phi) is 16.4. The number of halogens is 3. The van der Waals surface area contributed by atoms with Gasteiger partial charge in [-0.15, -0.1) is 0 Å². The van der Waals surface area contributed by atoms with Crippen molar-refractivity contribution in [2.75, 3.05) is 37.6 Å². The molecular weight excluding hydrogens is 1160 g/mol. The fraction of sp³-hybridized carbons (Fsp3) is 0.438. The van der Waals surface area contributed by atoms with E-state index in [1.54, 1.807) is 48.3 Å². The van der Waals surface area contributed by atoms with Crippen LogP contribution in [-0.4, -0.2) is 114 Å². The maximum Gasteiger partial charge on any atom is 0.329 e. The van der Waals surface area contributed by atoms with Crippen LogP contribution in [-0.2, 0) is 55.9 Å². The van der Waals surface area contributed by atoms with Gasteiger partial charge in [-0.3, -0.25) is 68.5 Å². The number of non-ortho nitro benzene ring substituents is 2. The number of nitrogens with zero attached hydrogens (tertiary/aromatic N) is 8. The van der Waals surface area contributed by atoms with Crippen molar-refractivity contribution in [1.82, 2.24) is 34.5 Å². The third kappa shape index (κ3) is 10.8. The molecule has 3 saturated heterocycles. The third-order valence-electron chi connectivity index (χ3n) is 19.5. The molecule has 6 aromatic rings. The summed E-state index contributed by atoms with van der Waals surface area (Å²) < 4.78 is 19.9. The highest BCUT2D eigenvalue weighted by molar-refractivity contribution is 6.31. The molecule has 2 aliphatic carbocycles. The smallest absolute Gasteiger partial charge is 0.329 e. The number of imide groups is 1. The van der Waals surface area contributed by atoms with Crippen LogP contribution < -0.4 is 21.2 Å². The number of likely N-dealkylation sites (tertiary alicyclic amines) is 1. The van der Waals surface area contributed by atoms with Crippen molar-refractivity contribution < 1.29 is 38.2 Å². The number of rotatable bonds is 15. The minimum Gasteiger partial charge on any atom is -0.352 e. The van der Waals surface area contributed by atoms with Crippen molar-refractivity contribution in [2.24, 2.45) is 13.0 Å². The molecule has 5 aromatic carbocycles. The minimum absolute atomic E-state index is 0.0440. The number of nitrogens with one attached hydrogen (secondary N) is 2. The lowest BCUT2D eigenvalue weighted by molar-refractivity contribution is -0.385. The normalized spacial score (nSPS) is 23.9. The predicted octanol–water partition coefficient (Wildman–Crippen LogP) is 9.19. The van der Waals surface area contributed by atoms with Gasteiger partial charge in [0.05, 0.1) is 45.0 Å². The second-order valence-electron chi connectivity index (χ2n) is 24.3. The zero-order valence-corrected chi connectivity index (χ0v) is 49.6. The van der Waals surface area contributed by atoms with Crippen molar-refractivity contribution in [3.05, 3.63) is 178 Å². The molecule has 12 rings (SSSR count). The molecule has 2 N–H and O–H groups in total. The van der Waals surface area contributed by atoms with Gasteiger partial charge >= 0.3 is 5.69 Å². The molecule has 20 nitrogen and oxygen atoms in total. The lowest BCUT2D eigenvalue weighted by atomic mass is 9.55. The van der Waals surface area contributed by atoms with Crippen LogP contribution in [0.2, 0.25) is 10.0 Å². The number of nitro benzene ring substituents is 2. The van der Waals surface area contributed by atoms with Gasteiger partial charge in [-0.05, 0) is 122 Å². The van der Waals surface area contributed by atoms with Crippen molar-refractivity contribution in [3.8, 4) is 0 Å². The van der Waals surface area contributed by atoms with Crippen molar-refractivity contribution in [3.63, 3.8) is 0 Å². The van der Waals surface area contributed by atoms with Crippen LogP contribution in [0.5, 0.6) is 0 Å². The number of nitro groups is 2. The van der Waals surface area contributed by atoms with E-state index < -0.39 is 50.5 Å². The standard InChI is InChI=1S/C64H67Cl2FN10O10/c1-70-53-35-39(14-25-50(53)75(62(70)83)51-26-27-54(78)74(60(51)81)38-41-12-22-46(23-13-41)77(86)87)7-6-30-71-31-33-72(34-32-71)59(80)42-15-18-44(19-16-42)68-58(79)57-55(47-8-5-9-49(66)56(47)67)64(63(69-57)28-3-2-4-29-63)48-24-17-43(65)36-52(48)73(61(64)82)37-40-10-20-45(21-11-40)76(84)85/h5,8-14,17,20-25,35-36,42,44,51,55,57,69H,2-4,6-7,15-16,18-19,26-34,37-38H2,1H3,(H,68,79)/t42?,44?,51?,55-,57+,64+/m0/s1. The molecule has 2 spiro atoms. The fourth-order valence-corrected chi connectivity index (χ4v) is 15.5. The molecule has 5 amide bonds. The highest BCUT2D eigenvalue weighted by Gasteiger charge is 2.73. The number of piperidine rings is 1. The van der Waals surface area contributed by atoms with Gasteiger partial charge in [0.1, 0.15) is 17.3 Å². The minimum atomic E-state index is -1.50. The Balaban J connectivity index is 0.672. The first-order valence-corrected chi connectivity index (χ1v) is 30.8. The molecule has 87 heavy (non-hydrogen) atoms. The van der Waals surface area contributed by atoms with E-state index in [-0.39, 0.29) is 89.2 Å². The van der Waals surface area contributed by atoms with E-state index in [1.165, 1.54) is 51.6 Å². The number of amides is 5. The molecule has 0 radical (unpaired) electrons. The third-order valence-corrected chi connectivity index (χ3v) is 20.0. The van der Waals surface area contributed by atoms with Crippen LogP contribution in [0.1, 0.15) is 117 Å². The molecule has 4 atom stereocenters. The van der Waals surface area contributed by atoms with Crippen molar-refractivity contribution in [2.45, 2.75) is 132 Å². The van der Waals surface area contributed by atoms with E-state index in [0.717, 1.165) is 49.1 Å². The molecule has 1 unspecified atom stereocenters. The van der Waals surface area contributed by atoms with Gasteiger partial charge in [-0.2, -0.15) is 0 Å². The molecule has 23 heteroatoms. The van der Waals surface area contributed by atoms with Gasteiger partial charge < -0.3 is 15.1 Å². The SMILES string of the molecule is Cn1c(=O)n(C2CCC(=O)N(Cc3ccc([N+](=O)[O-])cc3)C2=O)c2ccc(CCCN3CCN(C(=O)C4CCC(NC(=O)[C@@H]5NC6(CCCCC6)[C@@]6(C(=O)N(Cc7ccc([N+](=O)[O-])cc7)c7cc(Cl)ccc76)[C@H]5c5cccc(Cl)c5F)CC4)CC3)cc21. The number of piperazine rings is 1. The summed E-state index contributed by atoms with van der Waals surface area (Å²) in [4.78, 5) is 115. The zero-order chi connectivity index (χ0) is 61.1. The quantitative estimate of drug-likeness (QED) is 0.0556. The van der Waals surface area contributed by atoms with Crippen LogP contribution in [0, 0.1) is 32.0 Å². The number of carbonyl (C=O) groups is 5. The van der Waals surface area contributed by atoms with E-state index in [1.807, 2.05) is 29.2 Å². The zero-order valence-electron chi connectivity index (χ0n) is 48.1. The summed E-state index contributed by atoms with van der Waals surface area (Å²) in [6, 6.07) is 25.2. The summed E-state index contributed by atoms with van der Waals surface area (Å²) in [5, 5.41) is 30.0. The Hall–Kier alpha value is -7.85. The first-order chi connectivity index (χ1) is 41.9. The molecule has 454 valence electrons. The maximum absolute atomic E-state index is 16.9. The lowest BCUT2D eigenvalue weighted by Gasteiger charge is -2.47. The number of hydrogen-bond acceptors (Lipinski definition) is 12. The number of benzene rings is 5. The average Bonchev–Trinajstić information content (AvgIpc) is 1.51. The summed E-state index contributed by atoms with van der Waals surface area (Å²) in [6.07, 6.45) is 7.57. The Morgan fingerprint density at radius 3 is 2.05 bits per heavy atom. The number of aryl methyl sites for hydroxylation is 2. The van der Waals surface area contributed by atoms with Crippen LogP contribution in [0.25, 0.3) is 11.0 Å². The number of anilines is 1. The van der Waals surface area contributed by atoms with Gasteiger partial charge in [0, 0.05) is 98.0 Å². The second kappa shape index (κ2) is 24.0. The highest BCUT2D eigenvalue weighted by atomic mass is 35.5. The monoisotopic (exact) mass is 1220 g/mol. The number of carbonyl (C=O) groups excluding carboxylic acids is 5. The van der Waals surface area contributed by atoms with Gasteiger partial charge in [-0.25, -0.2) is 9.18 Å². The summed E-state index contributed by atoms with van der Waals surface area (Å²) in [5.74, 6) is -3.43. The first kappa shape index (κ1) is 59.5. The number of hydrogen-bond donors (Lipinski definition) is 2. The topological polar surface area (TPSA) is 236 Å². The summed E-state index contributed by atoms with van der Waals surface area (Å²) in [5.41, 5.74) is 1.72. The fourth-order valence-electron chi connectivity index (χ4n) is 15.2. The Labute approximate surface area is 510 Å². The van der Waals surface area contributed by atoms with Gasteiger partial charge in [0.2, 0.25) is 23.6 Å². The number of fused-ring (bicyclic) bond motifs is 4. The maximum atomic E-state index is 16.9. The molecule has 6 aliphatic rings. The van der Waals surface area contributed by atoms with Crippen LogP contribution >= 0.6 is 23.2 Å². The largest absolute Gasteiger partial charge is 0.352 e.